The van der Waals surface area contributed by atoms with Crippen LogP contribution in [0.3, 0.4) is 0 Å². The normalized spacial score (nSPS) is 14.8. The predicted octanol–water partition coefficient (Wildman–Crippen LogP) is 4.64. The largest absolute Gasteiger partial charge is 1.00 e. The van der Waals surface area contributed by atoms with E-state index in [1.165, 1.54) is 63.8 Å². The molecular weight excluding hydrogens is 667 g/mol. The quantitative estimate of drug-likeness (QED) is 0.255. The van der Waals surface area contributed by atoms with E-state index >= 15 is 0 Å². The van der Waals surface area contributed by atoms with Gasteiger partial charge in [-0.1, -0.05) is 0 Å². The van der Waals surface area contributed by atoms with Crippen molar-refractivity contribution in [1.29, 1.82) is 0 Å². The predicted molar refractivity (Wildman–Crippen MR) is 183 cm³/mol. The second-order valence-corrected chi connectivity index (χ2v) is 21.2. The molecule has 0 unspecified atom stereocenters. The standard InChI is InChI=1S/C33H33.C5H5.C4H6.2ClH.Zr/c1-32(2,3)30-20-26-24(18-28(30)22-13-9-7-10-14-22)17-25-19-29(23-15-11-8-12-16-23)31(21-27(25)26)33(4,5)6;1-2-4-5-3-1;1-2-4-3-1;;;/h7-16,18,20-21H,17H2,1-6H3;1-3H,4H2;1-3H2;2*1H;/q;;;;;+2/p-2. The smallest absolute Gasteiger partial charge is 1.00 e. The molecule has 0 spiro atoms. The molecule has 3 aliphatic carbocycles. The SMILES string of the molecule is CC(C)(C)c1cc2c(cc1-c1ccccc1)Cc1c-2cc(C(C)(C)C)c(-c2ccccc2)[c]1[Zr+2]([C]1=CC=CC1)=[C]1CCC1.[Cl-].[Cl-]. The monoisotopic (exact) mass is 708 g/mol. The Morgan fingerprint density at radius 1 is 0.644 bits per heavy atom. The molecule has 45 heavy (non-hydrogen) atoms. The molecule has 0 bridgehead atoms. The van der Waals surface area contributed by atoms with Crippen LogP contribution in [0.25, 0.3) is 33.4 Å². The molecule has 3 heteroatoms. The van der Waals surface area contributed by atoms with E-state index in [0.29, 0.717) is 0 Å². The Kier molecular flexibility index (Phi) is 9.88. The Labute approximate surface area is 291 Å². The summed E-state index contributed by atoms with van der Waals surface area (Å²) >= 11 is -2.34. The van der Waals surface area contributed by atoms with Gasteiger partial charge in [-0.05, 0) is 0 Å². The zero-order valence-corrected chi connectivity index (χ0v) is 31.5. The van der Waals surface area contributed by atoms with E-state index < -0.39 is 21.3 Å². The molecule has 0 aromatic heterocycles. The van der Waals surface area contributed by atoms with Crippen molar-refractivity contribution in [1.82, 2.24) is 0 Å². The molecule has 7 rings (SSSR count). The van der Waals surface area contributed by atoms with Crippen LogP contribution in [0, 0.1) is 0 Å². The summed E-state index contributed by atoms with van der Waals surface area (Å²) in [6.45, 7) is 14.4. The zero-order chi connectivity index (χ0) is 29.9. The summed E-state index contributed by atoms with van der Waals surface area (Å²) in [7, 11) is 0. The summed E-state index contributed by atoms with van der Waals surface area (Å²) in [5.74, 6) is 0. The van der Waals surface area contributed by atoms with Gasteiger partial charge in [-0.2, -0.15) is 0 Å². The maximum absolute atomic E-state index is 2.62. The fourth-order valence-corrected chi connectivity index (χ4v) is 16.3. The van der Waals surface area contributed by atoms with Gasteiger partial charge in [0.05, 0.1) is 0 Å². The van der Waals surface area contributed by atoms with Gasteiger partial charge in [-0.3, -0.25) is 0 Å². The third-order valence-electron chi connectivity index (χ3n) is 9.75. The Hall–Kier alpha value is -2.31. The molecule has 1 fully saturated rings. The summed E-state index contributed by atoms with van der Waals surface area (Å²) in [5.41, 5.74) is 14.9. The number of rotatable bonds is 4. The van der Waals surface area contributed by atoms with E-state index in [-0.39, 0.29) is 35.6 Å². The van der Waals surface area contributed by atoms with Crippen molar-refractivity contribution in [3.63, 3.8) is 0 Å². The first-order valence-electron chi connectivity index (χ1n) is 16.2. The first-order valence-corrected chi connectivity index (χ1v) is 19.9. The Morgan fingerprint density at radius 2 is 1.24 bits per heavy atom. The molecule has 230 valence electrons. The van der Waals surface area contributed by atoms with Crippen LogP contribution >= 0.6 is 0 Å². The number of allylic oxidation sites excluding steroid dienone is 4. The van der Waals surface area contributed by atoms with Gasteiger partial charge in [0.1, 0.15) is 0 Å². The van der Waals surface area contributed by atoms with E-state index in [1.54, 1.807) is 17.7 Å². The zero-order valence-electron chi connectivity index (χ0n) is 27.5. The van der Waals surface area contributed by atoms with Gasteiger partial charge in [0.2, 0.25) is 0 Å². The van der Waals surface area contributed by atoms with E-state index in [9.17, 15) is 0 Å². The average molecular weight is 711 g/mol. The Bertz CT molecular complexity index is 1820. The maximum Gasteiger partial charge on any atom is -1.00 e. The first kappa shape index (κ1) is 34.0. The molecular formula is C42H44Cl2Zr. The van der Waals surface area contributed by atoms with Crippen LogP contribution in [0.5, 0.6) is 0 Å². The second-order valence-electron chi connectivity index (χ2n) is 14.8. The first-order chi connectivity index (χ1) is 20.6. The van der Waals surface area contributed by atoms with Crippen LogP contribution < -0.4 is 28.1 Å². The third-order valence-corrected chi connectivity index (χ3v) is 17.8. The minimum absolute atomic E-state index is 0. The van der Waals surface area contributed by atoms with Gasteiger partial charge in [0.25, 0.3) is 0 Å². The maximum atomic E-state index is 2.62. The molecule has 0 saturated heterocycles. The van der Waals surface area contributed by atoms with Crippen molar-refractivity contribution >= 4 is 6.48 Å². The van der Waals surface area contributed by atoms with Crippen LogP contribution in [-0.4, -0.2) is 3.21 Å². The van der Waals surface area contributed by atoms with Gasteiger partial charge in [-0.15, -0.1) is 0 Å². The molecule has 0 aliphatic heterocycles. The minimum Gasteiger partial charge on any atom is -1.00 e. The molecule has 4 aromatic rings. The molecule has 0 nitrogen and oxygen atoms in total. The summed E-state index contributed by atoms with van der Waals surface area (Å²) in [6.07, 6.45) is 13.5. The van der Waals surface area contributed by atoms with Gasteiger partial charge >= 0.3 is 268 Å². The van der Waals surface area contributed by atoms with Crippen molar-refractivity contribution in [2.24, 2.45) is 0 Å². The van der Waals surface area contributed by atoms with Crippen molar-refractivity contribution in [3.8, 4) is 33.4 Å². The summed E-state index contributed by atoms with van der Waals surface area (Å²) in [6, 6.07) is 30.2. The van der Waals surface area contributed by atoms with Gasteiger partial charge in [0, 0.05) is 0 Å². The van der Waals surface area contributed by atoms with Crippen LogP contribution in [0.1, 0.15) is 89.5 Å². The van der Waals surface area contributed by atoms with Crippen LogP contribution in [-0.2, 0) is 38.5 Å². The third kappa shape index (κ3) is 6.23. The topological polar surface area (TPSA) is 0 Å². The number of benzene rings is 4. The Balaban J connectivity index is 0.00000200. The van der Waals surface area contributed by atoms with E-state index in [0.717, 1.165) is 12.8 Å². The number of fused-ring (bicyclic) bond motifs is 3. The van der Waals surface area contributed by atoms with E-state index in [1.807, 2.05) is 3.21 Å². The van der Waals surface area contributed by atoms with Crippen LogP contribution in [0.15, 0.2) is 100 Å². The van der Waals surface area contributed by atoms with Gasteiger partial charge in [0.15, 0.2) is 0 Å². The average Bonchev–Trinajstić information content (AvgIpc) is 3.61. The molecule has 4 aromatic carbocycles. The van der Waals surface area contributed by atoms with Crippen LogP contribution in [0.2, 0.25) is 0 Å². The fraction of sp³-hybridized carbons (Fsp3) is 0.310. The molecule has 3 aliphatic rings. The summed E-state index contributed by atoms with van der Waals surface area (Å²) < 4.78 is 5.49. The molecule has 0 atom stereocenters. The van der Waals surface area contributed by atoms with Gasteiger partial charge in [-0.25, -0.2) is 0 Å². The molecule has 0 heterocycles. The van der Waals surface area contributed by atoms with E-state index in [2.05, 4.69) is 139 Å². The van der Waals surface area contributed by atoms with Crippen molar-refractivity contribution in [3.05, 3.63) is 123 Å². The Morgan fingerprint density at radius 3 is 1.78 bits per heavy atom. The molecule has 0 amide bonds. The van der Waals surface area contributed by atoms with Gasteiger partial charge < -0.3 is 24.8 Å². The number of hydrogen-bond acceptors (Lipinski definition) is 0. The summed E-state index contributed by atoms with van der Waals surface area (Å²) in [5, 5.41) is 0. The second kappa shape index (κ2) is 13.1. The minimum atomic E-state index is -2.34. The summed E-state index contributed by atoms with van der Waals surface area (Å²) in [4.78, 5) is 0. The molecule has 1 saturated carbocycles. The van der Waals surface area contributed by atoms with Crippen molar-refractivity contribution in [2.45, 2.75) is 84.5 Å². The molecule has 0 radical (unpaired) electrons. The van der Waals surface area contributed by atoms with Crippen molar-refractivity contribution < 1.29 is 46.1 Å². The fourth-order valence-electron chi connectivity index (χ4n) is 7.43. The number of hydrogen-bond donors (Lipinski definition) is 0. The van der Waals surface area contributed by atoms with E-state index in [4.69, 9.17) is 0 Å². The molecule has 0 N–H and O–H groups in total. The van der Waals surface area contributed by atoms with Crippen molar-refractivity contribution in [2.75, 3.05) is 0 Å². The van der Waals surface area contributed by atoms with Crippen LogP contribution in [0.4, 0.5) is 0 Å². The number of halogens is 2.